The third-order valence-corrected chi connectivity index (χ3v) is 3.58. The van der Waals surface area contributed by atoms with Crippen molar-refractivity contribution in [1.29, 1.82) is 0 Å². The number of para-hydroxylation sites is 1. The van der Waals surface area contributed by atoms with E-state index in [0.29, 0.717) is 23.0 Å². The average Bonchev–Trinajstić information content (AvgIpc) is 3.08. The topological polar surface area (TPSA) is 115 Å². The number of aromatic nitrogens is 2. The van der Waals surface area contributed by atoms with Gasteiger partial charge in [0.25, 0.3) is 5.89 Å². The molecular weight excluding hydrogens is 342 g/mol. The lowest BCUT2D eigenvalue weighted by atomic mass is 10.2. The quantitative estimate of drug-likeness (QED) is 0.605. The van der Waals surface area contributed by atoms with Gasteiger partial charge in [0.05, 0.1) is 19.1 Å². The van der Waals surface area contributed by atoms with E-state index in [0.717, 1.165) is 6.42 Å². The molecule has 0 bridgehead atoms. The molecule has 1 aromatic carbocycles. The summed E-state index contributed by atoms with van der Waals surface area (Å²) in [5, 5.41) is 14.5. The van der Waals surface area contributed by atoms with Crippen molar-refractivity contribution in [3.63, 3.8) is 0 Å². The van der Waals surface area contributed by atoms with Crippen LogP contribution < -0.4 is 21.1 Å². The number of nitrogens with two attached hydrogens (primary N) is 1. The number of amides is 1. The van der Waals surface area contributed by atoms with E-state index in [-0.39, 0.29) is 18.2 Å². The maximum atomic E-state index is 11.4. The largest absolute Gasteiger partial charge is 0.496 e. The van der Waals surface area contributed by atoms with Crippen LogP contribution in [0.1, 0.15) is 31.7 Å². The number of primary amides is 1. The minimum atomic E-state index is -0.606. The van der Waals surface area contributed by atoms with Crippen LogP contribution in [0.15, 0.2) is 28.7 Å². The van der Waals surface area contributed by atoms with Gasteiger partial charge in [0.2, 0.25) is 11.8 Å². The summed E-state index contributed by atoms with van der Waals surface area (Å²) in [7, 11) is 1.56. The molecule has 1 atom stereocenters. The van der Waals surface area contributed by atoms with Crippen molar-refractivity contribution >= 4 is 23.2 Å². The molecule has 2 rings (SSSR count). The second-order valence-electron chi connectivity index (χ2n) is 5.27. The summed E-state index contributed by atoms with van der Waals surface area (Å²) in [5.41, 5.74) is 5.98. The Morgan fingerprint density at radius 2 is 2.16 bits per heavy atom. The predicted molar refractivity (Wildman–Crippen MR) is 96.9 cm³/mol. The van der Waals surface area contributed by atoms with Crippen molar-refractivity contribution in [2.75, 3.05) is 13.7 Å². The molecule has 0 saturated carbocycles. The Balaban J connectivity index is 2.22. The number of nitrogens with one attached hydrogen (secondary N) is 2. The van der Waals surface area contributed by atoms with E-state index < -0.39 is 11.9 Å². The highest BCUT2D eigenvalue weighted by atomic mass is 32.1. The van der Waals surface area contributed by atoms with Gasteiger partial charge in [0.1, 0.15) is 11.8 Å². The van der Waals surface area contributed by atoms with Gasteiger partial charge in [0.15, 0.2) is 5.11 Å². The van der Waals surface area contributed by atoms with E-state index in [2.05, 4.69) is 20.8 Å². The predicted octanol–water partition coefficient (Wildman–Crippen LogP) is 1.54. The summed E-state index contributed by atoms with van der Waals surface area (Å²) < 4.78 is 11.0. The Labute approximate surface area is 151 Å². The zero-order valence-electron chi connectivity index (χ0n) is 14.1. The van der Waals surface area contributed by atoms with Gasteiger partial charge in [-0.05, 0) is 30.8 Å². The highest BCUT2D eigenvalue weighted by Crippen LogP contribution is 2.29. The Hall–Kier alpha value is -2.68. The highest BCUT2D eigenvalue weighted by molar-refractivity contribution is 7.80. The molecule has 25 heavy (non-hydrogen) atoms. The monoisotopic (exact) mass is 363 g/mol. The molecule has 4 N–H and O–H groups in total. The number of hydrogen-bond acceptors (Lipinski definition) is 6. The van der Waals surface area contributed by atoms with Gasteiger partial charge in [-0.3, -0.25) is 4.79 Å². The van der Waals surface area contributed by atoms with Crippen LogP contribution in [0.2, 0.25) is 0 Å². The van der Waals surface area contributed by atoms with Crippen molar-refractivity contribution in [2.24, 2.45) is 5.73 Å². The molecule has 0 spiro atoms. The van der Waals surface area contributed by atoms with Crippen molar-refractivity contribution in [1.82, 2.24) is 20.8 Å². The number of methoxy groups -OCH3 is 1. The lowest BCUT2D eigenvalue weighted by Gasteiger charge is -2.16. The first-order valence-electron chi connectivity index (χ1n) is 7.84. The zero-order valence-corrected chi connectivity index (χ0v) is 14.9. The number of nitrogens with zero attached hydrogens (tertiary/aromatic N) is 2. The van der Waals surface area contributed by atoms with Gasteiger partial charge in [-0.15, -0.1) is 10.2 Å². The first-order chi connectivity index (χ1) is 12.0. The third kappa shape index (κ3) is 5.15. The number of carbonyl (C=O) groups is 1. The lowest BCUT2D eigenvalue weighted by molar-refractivity contribution is -0.118. The van der Waals surface area contributed by atoms with E-state index in [4.69, 9.17) is 27.1 Å². The number of thiocarbonyl (C=S) groups is 1. The summed E-state index contributed by atoms with van der Waals surface area (Å²) in [5.74, 6) is 0.613. The van der Waals surface area contributed by atoms with E-state index in [1.54, 1.807) is 19.2 Å². The Kier molecular flexibility index (Phi) is 6.70. The molecule has 0 aliphatic heterocycles. The average molecular weight is 363 g/mol. The van der Waals surface area contributed by atoms with E-state index in [1.807, 2.05) is 19.1 Å². The van der Waals surface area contributed by atoms with Gasteiger partial charge >= 0.3 is 0 Å². The Bertz CT molecular complexity index is 734. The number of carbonyl (C=O) groups excluding carboxylic acids is 1. The molecule has 9 heteroatoms. The SMILES string of the molecule is CCCNC(=S)NC(CC(N)=O)c1nnc(-c2ccccc2OC)o1. The van der Waals surface area contributed by atoms with Crippen LogP contribution in [-0.4, -0.2) is 34.9 Å². The summed E-state index contributed by atoms with van der Waals surface area (Å²) in [4.78, 5) is 11.4. The second-order valence-corrected chi connectivity index (χ2v) is 5.68. The smallest absolute Gasteiger partial charge is 0.251 e. The fraction of sp³-hybridized carbons (Fsp3) is 0.375. The van der Waals surface area contributed by atoms with Crippen LogP contribution in [0.5, 0.6) is 5.75 Å². The maximum absolute atomic E-state index is 11.4. The molecule has 1 amide bonds. The number of ether oxygens (including phenoxy) is 1. The first kappa shape index (κ1) is 18.7. The van der Waals surface area contributed by atoms with E-state index >= 15 is 0 Å². The van der Waals surface area contributed by atoms with Gasteiger partial charge < -0.3 is 25.5 Å². The number of rotatable bonds is 8. The summed E-state index contributed by atoms with van der Waals surface area (Å²) in [6, 6.07) is 6.67. The minimum Gasteiger partial charge on any atom is -0.496 e. The fourth-order valence-electron chi connectivity index (χ4n) is 2.15. The molecule has 2 aromatic rings. The van der Waals surface area contributed by atoms with Gasteiger partial charge in [-0.25, -0.2) is 0 Å². The summed E-state index contributed by atoms with van der Waals surface area (Å²) in [6.45, 7) is 2.74. The van der Waals surface area contributed by atoms with Crippen molar-refractivity contribution in [2.45, 2.75) is 25.8 Å². The fourth-order valence-corrected chi connectivity index (χ4v) is 2.40. The van der Waals surface area contributed by atoms with Crippen molar-refractivity contribution in [3.05, 3.63) is 30.2 Å². The van der Waals surface area contributed by atoms with Gasteiger partial charge in [-0.2, -0.15) is 0 Å². The second kappa shape index (κ2) is 8.97. The normalized spacial score (nSPS) is 11.6. The van der Waals surface area contributed by atoms with E-state index in [9.17, 15) is 4.79 Å². The molecule has 0 saturated heterocycles. The molecule has 1 heterocycles. The van der Waals surface area contributed by atoms with Gasteiger partial charge in [0, 0.05) is 6.54 Å². The molecule has 1 unspecified atom stereocenters. The molecule has 0 aliphatic rings. The first-order valence-corrected chi connectivity index (χ1v) is 8.25. The summed E-state index contributed by atoms with van der Waals surface area (Å²) >= 11 is 5.20. The number of hydrogen-bond donors (Lipinski definition) is 3. The van der Waals surface area contributed by atoms with Gasteiger partial charge in [-0.1, -0.05) is 19.1 Å². The Morgan fingerprint density at radius 3 is 2.84 bits per heavy atom. The maximum Gasteiger partial charge on any atom is 0.251 e. The van der Waals surface area contributed by atoms with Crippen LogP contribution in [0.25, 0.3) is 11.5 Å². The Morgan fingerprint density at radius 1 is 1.40 bits per heavy atom. The van der Waals surface area contributed by atoms with Crippen LogP contribution in [0.3, 0.4) is 0 Å². The highest BCUT2D eigenvalue weighted by Gasteiger charge is 2.23. The van der Waals surface area contributed by atoms with Crippen molar-refractivity contribution in [3.8, 4) is 17.2 Å². The molecule has 0 aliphatic carbocycles. The minimum absolute atomic E-state index is 0.0263. The molecular formula is C16H21N5O3S. The third-order valence-electron chi connectivity index (χ3n) is 3.32. The molecule has 0 fully saturated rings. The lowest BCUT2D eigenvalue weighted by Crippen LogP contribution is -2.39. The molecule has 134 valence electrons. The molecule has 1 aromatic heterocycles. The molecule has 8 nitrogen and oxygen atoms in total. The number of benzene rings is 1. The standard InChI is InChI=1S/C16H21N5O3S/c1-3-8-18-16(25)19-11(9-13(17)22)15-21-20-14(24-15)10-6-4-5-7-12(10)23-2/h4-7,11H,3,8-9H2,1-2H3,(H2,17,22)(H2,18,19,25). The molecule has 0 radical (unpaired) electrons. The summed E-state index contributed by atoms with van der Waals surface area (Å²) in [6.07, 6.45) is 0.891. The van der Waals surface area contributed by atoms with Crippen LogP contribution in [0, 0.1) is 0 Å². The van der Waals surface area contributed by atoms with Crippen LogP contribution >= 0.6 is 12.2 Å². The van der Waals surface area contributed by atoms with Crippen LogP contribution in [-0.2, 0) is 4.79 Å². The van der Waals surface area contributed by atoms with Crippen molar-refractivity contribution < 1.29 is 13.9 Å². The zero-order chi connectivity index (χ0) is 18.2. The van der Waals surface area contributed by atoms with E-state index in [1.165, 1.54) is 0 Å². The van der Waals surface area contributed by atoms with Crippen LogP contribution in [0.4, 0.5) is 0 Å².